The lowest BCUT2D eigenvalue weighted by molar-refractivity contribution is -0.222. The van der Waals surface area contributed by atoms with Crippen molar-refractivity contribution >= 4 is 21.4 Å². The zero-order valence-electron chi connectivity index (χ0n) is 10.4. The van der Waals surface area contributed by atoms with Gasteiger partial charge in [-0.3, -0.25) is 0 Å². The molecule has 1 atom stereocenters. The van der Waals surface area contributed by atoms with Crippen LogP contribution in [0.3, 0.4) is 0 Å². The van der Waals surface area contributed by atoms with Crippen LogP contribution in [0.4, 0.5) is 13.2 Å². The lowest BCUT2D eigenvalue weighted by Crippen LogP contribution is -2.44. The van der Waals surface area contributed by atoms with E-state index in [1.54, 1.807) is 11.4 Å². The van der Waals surface area contributed by atoms with Crippen LogP contribution < -0.4 is 0 Å². The molecule has 1 fully saturated rings. The molecule has 0 radical (unpaired) electrons. The molecule has 1 unspecified atom stereocenters. The lowest BCUT2D eigenvalue weighted by atomic mass is 9.92. The van der Waals surface area contributed by atoms with E-state index in [1.807, 2.05) is 0 Å². The number of sulfonamides is 1. The molecule has 4 nitrogen and oxygen atoms in total. The van der Waals surface area contributed by atoms with Crippen LogP contribution in [0.15, 0.2) is 21.7 Å². The van der Waals surface area contributed by atoms with E-state index in [1.165, 1.54) is 10.4 Å². The number of rotatable bonds is 3. The van der Waals surface area contributed by atoms with Gasteiger partial charge in [0.2, 0.25) is 0 Å². The molecule has 1 aromatic heterocycles. The molecule has 0 bridgehead atoms. The molecule has 2 heterocycles. The smallest absolute Gasteiger partial charge is 0.383 e. The van der Waals surface area contributed by atoms with Crippen LogP contribution in [-0.2, 0) is 10.0 Å². The van der Waals surface area contributed by atoms with Crippen LogP contribution in [0.2, 0.25) is 0 Å². The number of alkyl halides is 3. The first-order valence-electron chi connectivity index (χ1n) is 6.01. The van der Waals surface area contributed by atoms with Crippen molar-refractivity contribution in [3.05, 3.63) is 17.5 Å². The molecule has 1 aliphatic heterocycles. The van der Waals surface area contributed by atoms with Gasteiger partial charge in [0, 0.05) is 13.1 Å². The third-order valence-electron chi connectivity index (χ3n) is 3.37. The second kappa shape index (κ2) is 5.63. The second-order valence-corrected chi connectivity index (χ2v) is 7.77. The third-order valence-corrected chi connectivity index (χ3v) is 6.64. The van der Waals surface area contributed by atoms with Crippen LogP contribution in [-0.4, -0.2) is 43.2 Å². The molecule has 20 heavy (non-hydrogen) atoms. The minimum absolute atomic E-state index is 0.00194. The highest BCUT2D eigenvalue weighted by Gasteiger charge is 2.45. The summed E-state index contributed by atoms with van der Waals surface area (Å²) in [6.07, 6.45) is -7.02. The highest BCUT2D eigenvalue weighted by Crippen LogP contribution is 2.33. The van der Waals surface area contributed by atoms with Crippen molar-refractivity contribution in [2.75, 3.05) is 13.1 Å². The molecule has 0 amide bonds. The standard InChI is InChI=1S/C11H14F3NO3S2/c12-11(13,14)10(16)8-3-5-15(6-4-8)20(17,18)9-2-1-7-19-9/h1-2,7-8,10,16H,3-6H2. The Morgan fingerprint density at radius 2 is 1.95 bits per heavy atom. The van der Waals surface area contributed by atoms with Gasteiger partial charge in [-0.05, 0) is 30.2 Å². The molecule has 9 heteroatoms. The van der Waals surface area contributed by atoms with Gasteiger partial charge in [-0.2, -0.15) is 17.5 Å². The van der Waals surface area contributed by atoms with E-state index in [0.29, 0.717) is 0 Å². The number of aliphatic hydroxyl groups excluding tert-OH is 1. The summed E-state index contributed by atoms with van der Waals surface area (Å²) in [5, 5.41) is 10.8. The van der Waals surface area contributed by atoms with Gasteiger partial charge < -0.3 is 5.11 Å². The predicted molar refractivity (Wildman–Crippen MR) is 67.9 cm³/mol. The van der Waals surface area contributed by atoms with Gasteiger partial charge >= 0.3 is 6.18 Å². The van der Waals surface area contributed by atoms with Crippen LogP contribution in [0.25, 0.3) is 0 Å². The maximum atomic E-state index is 12.4. The first kappa shape index (κ1) is 15.7. The number of thiophene rings is 1. The van der Waals surface area contributed by atoms with Crippen LogP contribution in [0.1, 0.15) is 12.8 Å². The summed E-state index contributed by atoms with van der Waals surface area (Å²) in [4.78, 5) is 0. The van der Waals surface area contributed by atoms with E-state index in [2.05, 4.69) is 0 Å². The molecule has 0 aliphatic carbocycles. The van der Waals surface area contributed by atoms with Crippen LogP contribution in [0, 0.1) is 5.92 Å². The highest BCUT2D eigenvalue weighted by atomic mass is 32.2. The average Bonchev–Trinajstić information content (AvgIpc) is 2.91. The number of halogens is 3. The first-order valence-corrected chi connectivity index (χ1v) is 8.33. The van der Waals surface area contributed by atoms with Crippen molar-refractivity contribution in [1.82, 2.24) is 4.31 Å². The lowest BCUT2D eigenvalue weighted by Gasteiger charge is -2.33. The molecule has 0 spiro atoms. The summed E-state index contributed by atoms with van der Waals surface area (Å²) in [7, 11) is -3.61. The van der Waals surface area contributed by atoms with E-state index >= 15 is 0 Å². The zero-order valence-corrected chi connectivity index (χ0v) is 12.0. The van der Waals surface area contributed by atoms with Crippen molar-refractivity contribution in [2.45, 2.75) is 29.3 Å². The van der Waals surface area contributed by atoms with Gasteiger partial charge in [0.1, 0.15) is 4.21 Å². The predicted octanol–water partition coefficient (Wildman–Crippen LogP) is 2.07. The van der Waals surface area contributed by atoms with Gasteiger partial charge in [0.25, 0.3) is 10.0 Å². The maximum absolute atomic E-state index is 12.4. The van der Waals surface area contributed by atoms with Crippen molar-refractivity contribution in [3.8, 4) is 0 Å². The fraction of sp³-hybridized carbons (Fsp3) is 0.636. The summed E-state index contributed by atoms with van der Waals surface area (Å²) in [6.45, 7) is -0.00389. The minimum atomic E-state index is -4.65. The number of hydrogen-bond donors (Lipinski definition) is 1. The van der Waals surface area contributed by atoms with Gasteiger partial charge in [-0.1, -0.05) is 6.07 Å². The Morgan fingerprint density at radius 1 is 1.35 bits per heavy atom. The largest absolute Gasteiger partial charge is 0.414 e. The first-order chi connectivity index (χ1) is 9.23. The highest BCUT2D eigenvalue weighted by molar-refractivity contribution is 7.91. The molecule has 114 valence electrons. The summed E-state index contributed by atoms with van der Waals surface area (Å²) >= 11 is 1.08. The normalized spacial score (nSPS) is 21.0. The second-order valence-electron chi connectivity index (χ2n) is 4.66. The van der Waals surface area contributed by atoms with Gasteiger partial charge in [0.05, 0.1) is 0 Å². The molecule has 1 saturated heterocycles. The molecular formula is C11H14F3NO3S2. The Bertz CT molecular complexity index is 534. The SMILES string of the molecule is O=S(=O)(c1cccs1)N1CCC(C(O)C(F)(F)F)CC1. The quantitative estimate of drug-likeness (QED) is 0.924. The molecule has 1 N–H and O–H groups in total. The molecule has 1 aliphatic rings. The summed E-state index contributed by atoms with van der Waals surface area (Å²) in [5.41, 5.74) is 0. The Balaban J connectivity index is 2.02. The van der Waals surface area contributed by atoms with E-state index in [-0.39, 0.29) is 30.1 Å². The minimum Gasteiger partial charge on any atom is -0.383 e. The van der Waals surface area contributed by atoms with Gasteiger partial charge in [-0.15, -0.1) is 11.3 Å². The molecule has 0 aromatic carbocycles. The fourth-order valence-corrected chi connectivity index (χ4v) is 4.85. The monoisotopic (exact) mass is 329 g/mol. The third kappa shape index (κ3) is 3.16. The number of hydrogen-bond acceptors (Lipinski definition) is 4. The molecule has 0 saturated carbocycles. The van der Waals surface area contributed by atoms with Crippen molar-refractivity contribution in [3.63, 3.8) is 0 Å². The van der Waals surface area contributed by atoms with Gasteiger partial charge in [-0.25, -0.2) is 8.42 Å². The number of piperidine rings is 1. The van der Waals surface area contributed by atoms with E-state index in [0.717, 1.165) is 11.3 Å². The number of nitrogens with zero attached hydrogens (tertiary/aromatic N) is 1. The summed E-state index contributed by atoms with van der Waals surface area (Å²) in [5.74, 6) is -0.940. The van der Waals surface area contributed by atoms with E-state index in [4.69, 9.17) is 0 Å². The maximum Gasteiger partial charge on any atom is 0.414 e. The van der Waals surface area contributed by atoms with Crippen molar-refractivity contribution < 1.29 is 26.7 Å². The van der Waals surface area contributed by atoms with Crippen molar-refractivity contribution in [2.24, 2.45) is 5.92 Å². The zero-order chi connectivity index (χ0) is 15.0. The molecular weight excluding hydrogens is 315 g/mol. The average molecular weight is 329 g/mol. The van der Waals surface area contributed by atoms with Gasteiger partial charge in [0.15, 0.2) is 6.10 Å². The van der Waals surface area contributed by atoms with E-state index in [9.17, 15) is 26.7 Å². The van der Waals surface area contributed by atoms with Crippen LogP contribution in [0.5, 0.6) is 0 Å². The van der Waals surface area contributed by atoms with Crippen LogP contribution >= 0.6 is 11.3 Å². The summed E-state index contributed by atoms with van der Waals surface area (Å²) < 4.78 is 62.9. The Kier molecular flexibility index (Phi) is 4.43. The molecule has 2 rings (SSSR count). The Labute approximate surface area is 118 Å². The van der Waals surface area contributed by atoms with E-state index < -0.39 is 28.2 Å². The Hall–Kier alpha value is -0.640. The topological polar surface area (TPSA) is 57.6 Å². The fourth-order valence-electron chi connectivity index (χ4n) is 2.24. The number of aliphatic hydroxyl groups is 1. The van der Waals surface area contributed by atoms with Crippen molar-refractivity contribution in [1.29, 1.82) is 0 Å². The Morgan fingerprint density at radius 3 is 2.40 bits per heavy atom. The summed E-state index contributed by atoms with van der Waals surface area (Å²) in [6, 6.07) is 3.08. The molecule has 1 aromatic rings.